The Kier molecular flexibility index (Phi) is 8.36. The number of phenols is 2. The van der Waals surface area contributed by atoms with E-state index in [1.165, 1.54) is 44.5 Å². The van der Waals surface area contributed by atoms with Crippen molar-refractivity contribution in [1.29, 1.82) is 0 Å². The molecule has 0 saturated carbocycles. The van der Waals surface area contributed by atoms with Crippen LogP contribution in [0.5, 0.6) is 11.5 Å². The van der Waals surface area contributed by atoms with E-state index in [4.69, 9.17) is 0 Å². The minimum absolute atomic E-state index is 0.305. The molecule has 0 atom stereocenters. The predicted molar refractivity (Wildman–Crippen MR) is 213 cm³/mol. The molecule has 0 spiro atoms. The molecule has 0 fully saturated rings. The van der Waals surface area contributed by atoms with Crippen LogP contribution in [0, 0.1) is 13.8 Å². The number of hydrogen-bond acceptors (Lipinski definition) is 4. The first-order valence-electron chi connectivity index (χ1n) is 18.4. The van der Waals surface area contributed by atoms with Gasteiger partial charge in [0, 0.05) is 53.7 Å². The molecule has 0 saturated heterocycles. The zero-order valence-electron chi connectivity index (χ0n) is 31.2. The van der Waals surface area contributed by atoms with Crippen molar-refractivity contribution in [3.63, 3.8) is 0 Å². The number of aromatic hydroxyl groups is 2. The smallest absolute Gasteiger partial charge is 0.124 e. The van der Waals surface area contributed by atoms with Gasteiger partial charge in [0.1, 0.15) is 11.5 Å². The Morgan fingerprint density at radius 1 is 0.500 bits per heavy atom. The molecule has 52 heavy (non-hydrogen) atoms. The second kappa shape index (κ2) is 12.8. The normalized spacial score (nSPS) is 14.7. The summed E-state index contributed by atoms with van der Waals surface area (Å²) < 4.78 is 0. The van der Waals surface area contributed by atoms with E-state index in [0.29, 0.717) is 24.6 Å². The molecule has 0 aromatic heterocycles. The van der Waals surface area contributed by atoms with Crippen LogP contribution in [-0.2, 0) is 23.9 Å². The van der Waals surface area contributed by atoms with Gasteiger partial charge < -0.3 is 15.1 Å². The standard InChI is InChI=1S/C48H48N2O2/c1-31-25-34(46(52)44(26-31)48(4)41-21-13-9-17-37(41)38-18-10-14-22-42(38)48)30-50(24-23-49(5)6)29-33-27-32(2)43(28-45(33)51)47(3)39-19-11-7-15-35(39)36-16-8-12-20-40(36)47/h7-22,25-28,51-52H,23-24,29-30H2,1-6H3. The van der Waals surface area contributed by atoms with Gasteiger partial charge in [-0.05, 0) is 103 Å². The van der Waals surface area contributed by atoms with Gasteiger partial charge in [0.05, 0.1) is 0 Å². The molecular formula is C48H48N2O2. The van der Waals surface area contributed by atoms with Gasteiger partial charge in [0.25, 0.3) is 0 Å². The first-order chi connectivity index (χ1) is 25.0. The maximum atomic E-state index is 12.2. The third kappa shape index (κ3) is 5.27. The number of hydrogen-bond donors (Lipinski definition) is 2. The molecule has 0 aliphatic heterocycles. The molecule has 0 amide bonds. The molecule has 0 heterocycles. The van der Waals surface area contributed by atoms with E-state index >= 15 is 0 Å². The highest BCUT2D eigenvalue weighted by molar-refractivity contribution is 5.85. The summed E-state index contributed by atoms with van der Waals surface area (Å²) in [5, 5.41) is 24.0. The monoisotopic (exact) mass is 684 g/mol. The molecule has 6 aromatic rings. The first kappa shape index (κ1) is 34.0. The Bertz CT molecular complexity index is 2250. The summed E-state index contributed by atoms with van der Waals surface area (Å²) in [6.45, 7) is 11.6. The van der Waals surface area contributed by atoms with Crippen LogP contribution in [0.3, 0.4) is 0 Å². The molecular weight excluding hydrogens is 637 g/mol. The largest absolute Gasteiger partial charge is 0.508 e. The summed E-state index contributed by atoms with van der Waals surface area (Å²) in [5.74, 6) is 0.649. The summed E-state index contributed by atoms with van der Waals surface area (Å²) in [5.41, 5.74) is 15.2. The number of aryl methyl sites for hydroxylation is 2. The summed E-state index contributed by atoms with van der Waals surface area (Å²) in [6, 6.07) is 43.0. The van der Waals surface area contributed by atoms with Crippen molar-refractivity contribution in [2.24, 2.45) is 0 Å². The predicted octanol–water partition coefficient (Wildman–Crippen LogP) is 9.95. The maximum Gasteiger partial charge on any atom is 0.124 e. The van der Waals surface area contributed by atoms with Crippen molar-refractivity contribution in [2.75, 3.05) is 27.2 Å². The van der Waals surface area contributed by atoms with Crippen molar-refractivity contribution in [3.05, 3.63) is 177 Å². The van der Waals surface area contributed by atoms with Crippen LogP contribution in [0.4, 0.5) is 0 Å². The molecule has 2 aliphatic carbocycles. The Labute approximate surface area is 308 Å². The molecule has 6 aromatic carbocycles. The lowest BCUT2D eigenvalue weighted by molar-refractivity contribution is 0.221. The van der Waals surface area contributed by atoms with E-state index in [9.17, 15) is 10.2 Å². The highest BCUT2D eigenvalue weighted by Crippen LogP contribution is 2.55. The van der Waals surface area contributed by atoms with Gasteiger partial charge in [0.2, 0.25) is 0 Å². The Morgan fingerprint density at radius 3 is 1.42 bits per heavy atom. The highest BCUT2D eigenvalue weighted by atomic mass is 16.3. The van der Waals surface area contributed by atoms with Crippen LogP contribution in [0.1, 0.15) is 69.5 Å². The van der Waals surface area contributed by atoms with Crippen molar-refractivity contribution in [1.82, 2.24) is 9.80 Å². The second-order valence-electron chi connectivity index (χ2n) is 15.6. The fraction of sp³-hybridized carbons (Fsp3) is 0.250. The average Bonchev–Trinajstić information content (AvgIpc) is 3.56. The fourth-order valence-corrected chi connectivity index (χ4v) is 9.30. The molecule has 4 nitrogen and oxygen atoms in total. The number of phenolic OH excluding ortho intramolecular Hbond substituents is 2. The molecule has 4 heteroatoms. The van der Waals surface area contributed by atoms with Gasteiger partial charge in [-0.1, -0.05) is 121 Å². The van der Waals surface area contributed by atoms with Gasteiger partial charge in [-0.25, -0.2) is 0 Å². The molecule has 0 unspecified atom stereocenters. The average molecular weight is 685 g/mol. The molecule has 0 bridgehead atoms. The van der Waals surface area contributed by atoms with E-state index in [2.05, 4.69) is 167 Å². The van der Waals surface area contributed by atoms with Gasteiger partial charge in [-0.3, -0.25) is 4.90 Å². The topological polar surface area (TPSA) is 46.9 Å². The number of benzene rings is 6. The van der Waals surface area contributed by atoms with Crippen LogP contribution < -0.4 is 0 Å². The van der Waals surface area contributed by atoms with E-state index in [-0.39, 0.29) is 5.41 Å². The van der Waals surface area contributed by atoms with Crippen LogP contribution in [0.15, 0.2) is 121 Å². The molecule has 262 valence electrons. The van der Waals surface area contributed by atoms with E-state index in [1.54, 1.807) is 0 Å². The quantitative estimate of drug-likeness (QED) is 0.159. The van der Waals surface area contributed by atoms with Crippen LogP contribution in [0.2, 0.25) is 0 Å². The zero-order valence-corrected chi connectivity index (χ0v) is 31.2. The molecule has 8 rings (SSSR count). The Morgan fingerprint density at radius 2 is 0.942 bits per heavy atom. The van der Waals surface area contributed by atoms with Gasteiger partial charge in [-0.15, -0.1) is 0 Å². The van der Waals surface area contributed by atoms with Crippen molar-refractivity contribution in [3.8, 4) is 33.8 Å². The minimum Gasteiger partial charge on any atom is -0.508 e. The van der Waals surface area contributed by atoms with Gasteiger partial charge in [0.15, 0.2) is 0 Å². The lowest BCUT2D eigenvalue weighted by Crippen LogP contribution is -2.31. The summed E-state index contributed by atoms with van der Waals surface area (Å²) in [6.07, 6.45) is 0. The number of likely N-dealkylation sites (N-methyl/N-ethyl adjacent to an activating group) is 1. The summed E-state index contributed by atoms with van der Waals surface area (Å²) in [7, 11) is 4.18. The third-order valence-electron chi connectivity index (χ3n) is 11.9. The third-order valence-corrected chi connectivity index (χ3v) is 11.9. The van der Waals surface area contributed by atoms with Crippen LogP contribution in [0.25, 0.3) is 22.3 Å². The maximum absolute atomic E-state index is 12.2. The van der Waals surface area contributed by atoms with Crippen molar-refractivity contribution >= 4 is 0 Å². The van der Waals surface area contributed by atoms with Crippen LogP contribution in [-0.4, -0.2) is 47.2 Å². The number of nitrogens with zero attached hydrogens (tertiary/aromatic N) is 2. The van der Waals surface area contributed by atoms with E-state index in [0.717, 1.165) is 46.5 Å². The lowest BCUT2D eigenvalue weighted by atomic mass is 9.72. The Hall–Kier alpha value is -5.16. The van der Waals surface area contributed by atoms with Crippen molar-refractivity contribution < 1.29 is 10.2 Å². The first-order valence-corrected chi connectivity index (χ1v) is 18.4. The SMILES string of the molecule is Cc1cc(CN(CCN(C)C)Cc2cc(C)c(C3(C)c4ccccc4-c4ccccc43)cc2O)c(O)c(C2(C)c3ccccc3-c3ccccc32)c1. The highest BCUT2D eigenvalue weighted by Gasteiger charge is 2.43. The minimum atomic E-state index is -0.495. The molecule has 0 radical (unpaired) electrons. The van der Waals surface area contributed by atoms with E-state index in [1.807, 2.05) is 6.07 Å². The van der Waals surface area contributed by atoms with Crippen LogP contribution >= 0.6 is 0 Å². The second-order valence-corrected chi connectivity index (χ2v) is 15.6. The fourth-order valence-electron chi connectivity index (χ4n) is 9.30. The number of fused-ring (bicyclic) bond motifs is 6. The van der Waals surface area contributed by atoms with Gasteiger partial charge >= 0.3 is 0 Å². The summed E-state index contributed by atoms with van der Waals surface area (Å²) in [4.78, 5) is 4.54. The van der Waals surface area contributed by atoms with Crippen molar-refractivity contribution in [2.45, 2.75) is 51.6 Å². The molecule has 2 N–H and O–H groups in total. The molecule has 2 aliphatic rings. The van der Waals surface area contributed by atoms with Gasteiger partial charge in [-0.2, -0.15) is 0 Å². The lowest BCUT2D eigenvalue weighted by Gasteiger charge is -2.32. The summed E-state index contributed by atoms with van der Waals surface area (Å²) >= 11 is 0. The zero-order chi connectivity index (χ0) is 36.4. The Balaban J connectivity index is 1.16. The van der Waals surface area contributed by atoms with E-state index < -0.39 is 5.41 Å². The number of rotatable bonds is 9.